The first kappa shape index (κ1) is 21.3. The lowest BCUT2D eigenvalue weighted by Gasteiger charge is -2.38. The van der Waals surface area contributed by atoms with Crippen molar-refractivity contribution in [2.45, 2.75) is 38.0 Å². The third-order valence-corrected chi connectivity index (χ3v) is 4.19. The van der Waals surface area contributed by atoms with Gasteiger partial charge in [0.2, 0.25) is 0 Å². The van der Waals surface area contributed by atoms with E-state index in [1.165, 1.54) is 11.8 Å². The minimum absolute atomic E-state index is 0. The van der Waals surface area contributed by atoms with Gasteiger partial charge >= 0.3 is 5.97 Å². The summed E-state index contributed by atoms with van der Waals surface area (Å²) < 4.78 is 0. The van der Waals surface area contributed by atoms with Crippen molar-refractivity contribution in [2.24, 2.45) is 5.92 Å². The Kier molecular flexibility index (Phi) is 10.5. The van der Waals surface area contributed by atoms with Crippen molar-refractivity contribution in [3.8, 4) is 0 Å². The summed E-state index contributed by atoms with van der Waals surface area (Å²) in [6.45, 7) is 1.99. The molecule has 0 amide bonds. The molecule has 0 spiro atoms. The van der Waals surface area contributed by atoms with Crippen molar-refractivity contribution < 1.29 is 26.9 Å². The van der Waals surface area contributed by atoms with Gasteiger partial charge in [-0.25, -0.2) is 0 Å². The Balaban J connectivity index is 0.00000102. The summed E-state index contributed by atoms with van der Waals surface area (Å²) >= 11 is 1.42. The van der Waals surface area contributed by atoms with Crippen LogP contribution < -0.4 is 17.0 Å². The predicted molar refractivity (Wildman–Crippen MR) is 93.1 cm³/mol. The van der Waals surface area contributed by atoms with Crippen molar-refractivity contribution in [3.05, 3.63) is 48.0 Å². The van der Waals surface area contributed by atoms with Gasteiger partial charge in [-0.1, -0.05) is 49.4 Å². The molecule has 2 rings (SSSR count). The van der Waals surface area contributed by atoms with E-state index in [-0.39, 0.29) is 22.9 Å². The fourth-order valence-corrected chi connectivity index (χ4v) is 3.15. The Morgan fingerprint density at radius 3 is 2.27 bits per heavy atom. The molecule has 1 aliphatic rings. The summed E-state index contributed by atoms with van der Waals surface area (Å²) in [7, 11) is 0. The molecule has 0 fully saturated rings. The monoisotopic (exact) mass is 386 g/mol. The third kappa shape index (κ3) is 4.88. The Bertz CT molecular complexity index is 461. The van der Waals surface area contributed by atoms with Crippen LogP contribution in [0.3, 0.4) is 0 Å². The van der Waals surface area contributed by atoms with Gasteiger partial charge < -0.3 is 22.1 Å². The summed E-state index contributed by atoms with van der Waals surface area (Å²) in [6, 6.07) is 9.71. The Morgan fingerprint density at radius 1 is 1.27 bits per heavy atom. The number of aliphatic carboxylic acids is 1. The van der Waals surface area contributed by atoms with Crippen LogP contribution in [0.4, 0.5) is 0 Å². The molecular formula is C18H27BrO2S. The fraction of sp³-hybridized carbons (Fsp3) is 0.500. The molecule has 2 nitrogen and oxygen atoms in total. The lowest BCUT2D eigenvalue weighted by Crippen LogP contribution is -3.00. The molecule has 4 heteroatoms. The van der Waals surface area contributed by atoms with E-state index in [4.69, 9.17) is 0 Å². The lowest BCUT2D eigenvalue weighted by atomic mass is 9.64. The fourth-order valence-electron chi connectivity index (χ4n) is 3.15. The van der Waals surface area contributed by atoms with Crippen LogP contribution in [0.5, 0.6) is 0 Å². The maximum atomic E-state index is 11.9. The van der Waals surface area contributed by atoms with Crippen LogP contribution in [0.1, 0.15) is 38.2 Å². The van der Waals surface area contributed by atoms with Gasteiger partial charge in [-0.2, -0.15) is 0 Å². The molecule has 0 heterocycles. The molecule has 0 aromatic heterocycles. The molecule has 22 heavy (non-hydrogen) atoms. The van der Waals surface area contributed by atoms with Gasteiger partial charge in [0, 0.05) is 0 Å². The first-order chi connectivity index (χ1) is 10.1. The molecule has 0 saturated carbocycles. The van der Waals surface area contributed by atoms with Gasteiger partial charge in [-0.05, 0) is 48.9 Å². The number of benzene rings is 1. The smallest absolute Gasteiger partial charge is 0.314 e. The molecular weight excluding hydrogens is 360 g/mol. The second-order valence-electron chi connectivity index (χ2n) is 5.42. The van der Waals surface area contributed by atoms with Gasteiger partial charge in [0.1, 0.15) is 0 Å². The molecule has 124 valence electrons. The van der Waals surface area contributed by atoms with Crippen molar-refractivity contribution in [1.82, 2.24) is 0 Å². The number of rotatable bonds is 4. The molecule has 0 radical (unpaired) electrons. The molecule has 1 aliphatic carbocycles. The van der Waals surface area contributed by atoms with Crippen molar-refractivity contribution in [2.75, 3.05) is 12.5 Å². The van der Waals surface area contributed by atoms with E-state index in [1.54, 1.807) is 0 Å². The van der Waals surface area contributed by atoms with E-state index in [1.807, 2.05) is 37.3 Å². The number of hydrogen-bond donors (Lipinski definition) is 1. The van der Waals surface area contributed by atoms with Crippen molar-refractivity contribution in [3.63, 3.8) is 0 Å². The minimum atomic E-state index is -0.730. The maximum Gasteiger partial charge on any atom is 0.314 e. The quantitative estimate of drug-likeness (QED) is 0.472. The molecule has 1 aromatic carbocycles. The van der Waals surface area contributed by atoms with Gasteiger partial charge in [-0.3, -0.25) is 4.79 Å². The van der Waals surface area contributed by atoms with Crippen LogP contribution in [0, 0.1) is 5.92 Å². The van der Waals surface area contributed by atoms with Crippen LogP contribution in [0.2, 0.25) is 0 Å². The standard InChI is InChI=1S/C16H20O2.C2H6S.BrH/c1-2-16(15(17)18,13-9-5-3-6-10-13)14-11-7-4-8-12-14;1-3-2;/h3-7,9-10,14H,2,8,11-12H2,1H3,(H,17,18);1-2H3;1H. The van der Waals surface area contributed by atoms with Crippen molar-refractivity contribution >= 4 is 17.7 Å². The maximum absolute atomic E-state index is 11.9. The van der Waals surface area contributed by atoms with E-state index in [0.717, 1.165) is 24.8 Å². The van der Waals surface area contributed by atoms with Crippen LogP contribution >= 0.6 is 0 Å². The number of halogens is 1. The topological polar surface area (TPSA) is 37.3 Å². The third-order valence-electron chi connectivity index (χ3n) is 4.19. The van der Waals surface area contributed by atoms with E-state index in [0.29, 0.717) is 6.42 Å². The molecule has 0 saturated heterocycles. The number of carbonyl (C=O) groups is 1. The van der Waals surface area contributed by atoms with E-state index < -0.39 is 11.4 Å². The summed E-state index contributed by atoms with van der Waals surface area (Å²) in [5.41, 5.74) is 0.215. The Hall–Kier alpha value is -0.740. The van der Waals surface area contributed by atoms with Crippen LogP contribution in [-0.4, -0.2) is 23.6 Å². The van der Waals surface area contributed by atoms with E-state index >= 15 is 0 Å². The first-order valence-corrected chi connectivity index (χ1v) is 9.34. The highest BCUT2D eigenvalue weighted by Gasteiger charge is 2.45. The minimum Gasteiger partial charge on any atom is -1.00 e. The average molecular weight is 387 g/mol. The van der Waals surface area contributed by atoms with Crippen LogP contribution in [-0.2, 0) is 22.0 Å². The number of thiol groups is 1. The highest BCUT2D eigenvalue weighted by molar-refractivity contribution is 7.76. The zero-order valence-electron chi connectivity index (χ0n) is 13.6. The molecule has 1 aromatic rings. The summed E-state index contributed by atoms with van der Waals surface area (Å²) in [5.74, 6) is -0.482. The highest BCUT2D eigenvalue weighted by Crippen LogP contribution is 2.42. The van der Waals surface area contributed by atoms with E-state index in [9.17, 15) is 9.90 Å². The number of allylic oxidation sites excluding steroid dienone is 2. The first-order valence-electron chi connectivity index (χ1n) is 7.55. The van der Waals surface area contributed by atoms with Crippen molar-refractivity contribution in [1.29, 1.82) is 0 Å². The molecule has 0 aliphatic heterocycles. The number of carboxylic acid groups (broad SMARTS) is 1. The zero-order valence-corrected chi connectivity index (χ0v) is 16.1. The second-order valence-corrected chi connectivity index (χ2v) is 6.32. The SMILES string of the molecule is CCC(C(=O)O)(c1ccccc1)C1CC=CCC1.C[SH+]C.[Br-]. The number of hydrogen-bond acceptors (Lipinski definition) is 1. The van der Waals surface area contributed by atoms with E-state index in [2.05, 4.69) is 24.7 Å². The largest absolute Gasteiger partial charge is 1.00 e. The lowest BCUT2D eigenvalue weighted by molar-refractivity contribution is -0.146. The molecule has 2 unspecified atom stereocenters. The summed E-state index contributed by atoms with van der Waals surface area (Å²) in [4.78, 5) is 11.9. The average Bonchev–Trinajstić information content (AvgIpc) is 2.51. The Morgan fingerprint density at radius 2 is 1.86 bits per heavy atom. The normalized spacial score (nSPS) is 19.1. The van der Waals surface area contributed by atoms with Crippen LogP contribution in [0.25, 0.3) is 0 Å². The molecule has 0 bridgehead atoms. The van der Waals surface area contributed by atoms with Gasteiger partial charge in [0.25, 0.3) is 0 Å². The Labute approximate surface area is 149 Å². The van der Waals surface area contributed by atoms with Gasteiger partial charge in [0.05, 0.1) is 17.9 Å². The van der Waals surface area contributed by atoms with Crippen LogP contribution in [0.15, 0.2) is 42.5 Å². The molecule has 2 atom stereocenters. The van der Waals surface area contributed by atoms with Gasteiger partial charge in [-0.15, -0.1) is 0 Å². The summed E-state index contributed by atoms with van der Waals surface area (Å²) in [6.07, 6.45) is 12.0. The second kappa shape index (κ2) is 10.9. The van der Waals surface area contributed by atoms with Gasteiger partial charge in [0.15, 0.2) is 0 Å². The molecule has 1 N–H and O–H groups in total. The highest BCUT2D eigenvalue weighted by atomic mass is 79.9. The number of carboxylic acids is 1. The predicted octanol–water partition coefficient (Wildman–Crippen LogP) is 0.840. The summed E-state index contributed by atoms with van der Waals surface area (Å²) in [5, 5.41) is 9.81. The zero-order chi connectivity index (χ0) is 15.7.